The van der Waals surface area contributed by atoms with Gasteiger partial charge in [0, 0.05) is 0 Å². The fourth-order valence-corrected chi connectivity index (χ4v) is 0.752. The van der Waals surface area contributed by atoms with Gasteiger partial charge < -0.3 is 5.11 Å². The molecule has 0 radical (unpaired) electrons. The molecule has 2 heteroatoms. The molecular formula is C9H17NO. The normalized spacial score (nSPS) is 12.5. The van der Waals surface area contributed by atoms with E-state index in [0.717, 1.165) is 19.6 Å². The Balaban J connectivity index is 3.60. The Kier molecular flexibility index (Phi) is 5.91. The van der Waals surface area contributed by atoms with E-state index in [4.69, 9.17) is 5.11 Å². The molecule has 0 aromatic carbocycles. The molecule has 2 nitrogen and oxygen atoms in total. The molecule has 64 valence electrons. The van der Waals surface area contributed by atoms with Gasteiger partial charge in [0.1, 0.15) is 6.10 Å². The standard InChI is InChI=1S/C9H17NO/c1-4-10(5-2)8-6-7-9(3)11/h9,11H,4-5,8H2,1-3H3. The summed E-state index contributed by atoms with van der Waals surface area (Å²) < 4.78 is 0. The maximum absolute atomic E-state index is 8.82. The summed E-state index contributed by atoms with van der Waals surface area (Å²) in [4.78, 5) is 2.20. The van der Waals surface area contributed by atoms with E-state index in [9.17, 15) is 0 Å². The van der Waals surface area contributed by atoms with Crippen molar-refractivity contribution in [1.29, 1.82) is 0 Å². The predicted molar refractivity (Wildman–Crippen MR) is 47.2 cm³/mol. The number of rotatable bonds is 3. The van der Waals surface area contributed by atoms with Crippen LogP contribution in [0.2, 0.25) is 0 Å². The number of aliphatic hydroxyl groups is 1. The Morgan fingerprint density at radius 1 is 1.36 bits per heavy atom. The van der Waals surface area contributed by atoms with E-state index >= 15 is 0 Å². The van der Waals surface area contributed by atoms with E-state index in [0.29, 0.717) is 0 Å². The highest BCUT2D eigenvalue weighted by atomic mass is 16.3. The number of hydrogen-bond donors (Lipinski definition) is 1. The van der Waals surface area contributed by atoms with Gasteiger partial charge in [0.25, 0.3) is 0 Å². The molecule has 0 bridgehead atoms. The van der Waals surface area contributed by atoms with Gasteiger partial charge in [-0.25, -0.2) is 0 Å². The molecule has 1 N–H and O–H groups in total. The Bertz CT molecular complexity index is 139. The lowest BCUT2D eigenvalue weighted by Crippen LogP contribution is -2.23. The van der Waals surface area contributed by atoms with Gasteiger partial charge in [-0.3, -0.25) is 4.90 Å². The Morgan fingerprint density at radius 2 is 1.91 bits per heavy atom. The van der Waals surface area contributed by atoms with Crippen molar-refractivity contribution in [1.82, 2.24) is 4.90 Å². The first-order chi connectivity index (χ1) is 5.20. The molecular weight excluding hydrogens is 138 g/mol. The van der Waals surface area contributed by atoms with Crippen LogP contribution in [0.3, 0.4) is 0 Å². The van der Waals surface area contributed by atoms with Crippen molar-refractivity contribution in [2.75, 3.05) is 19.6 Å². The zero-order valence-electron chi connectivity index (χ0n) is 7.59. The topological polar surface area (TPSA) is 23.5 Å². The second-order valence-electron chi connectivity index (χ2n) is 2.46. The van der Waals surface area contributed by atoms with Crippen LogP contribution in [0.4, 0.5) is 0 Å². The van der Waals surface area contributed by atoms with E-state index in [1.165, 1.54) is 0 Å². The molecule has 0 aliphatic carbocycles. The minimum absolute atomic E-state index is 0.495. The molecule has 0 rings (SSSR count). The van der Waals surface area contributed by atoms with Gasteiger partial charge >= 0.3 is 0 Å². The molecule has 0 aromatic rings. The largest absolute Gasteiger partial charge is 0.381 e. The first-order valence-corrected chi connectivity index (χ1v) is 4.09. The van der Waals surface area contributed by atoms with E-state index in [-0.39, 0.29) is 0 Å². The zero-order valence-corrected chi connectivity index (χ0v) is 7.59. The SMILES string of the molecule is CCN(CC)CC#CC(C)O. The number of nitrogens with zero attached hydrogens (tertiary/aromatic N) is 1. The van der Waals surface area contributed by atoms with E-state index in [1.54, 1.807) is 6.92 Å². The molecule has 0 saturated carbocycles. The maximum atomic E-state index is 8.82. The van der Waals surface area contributed by atoms with Crippen LogP contribution in [0.1, 0.15) is 20.8 Å². The maximum Gasteiger partial charge on any atom is 0.112 e. The van der Waals surface area contributed by atoms with Crippen molar-refractivity contribution in [2.45, 2.75) is 26.9 Å². The van der Waals surface area contributed by atoms with Gasteiger partial charge in [-0.1, -0.05) is 25.7 Å². The van der Waals surface area contributed by atoms with Crippen LogP contribution in [0.15, 0.2) is 0 Å². The second kappa shape index (κ2) is 6.21. The molecule has 0 fully saturated rings. The van der Waals surface area contributed by atoms with Gasteiger partial charge in [0.2, 0.25) is 0 Å². The lowest BCUT2D eigenvalue weighted by molar-refractivity contribution is 0.253. The van der Waals surface area contributed by atoms with Crippen molar-refractivity contribution in [3.63, 3.8) is 0 Å². The third kappa shape index (κ3) is 5.90. The van der Waals surface area contributed by atoms with Gasteiger partial charge in [-0.15, -0.1) is 0 Å². The van der Waals surface area contributed by atoms with Gasteiger partial charge in [-0.2, -0.15) is 0 Å². The average Bonchev–Trinajstić information content (AvgIpc) is 1.98. The highest BCUT2D eigenvalue weighted by Crippen LogP contribution is 1.83. The fraction of sp³-hybridized carbons (Fsp3) is 0.778. The van der Waals surface area contributed by atoms with Crippen LogP contribution in [-0.2, 0) is 0 Å². The minimum atomic E-state index is -0.495. The average molecular weight is 155 g/mol. The quantitative estimate of drug-likeness (QED) is 0.607. The van der Waals surface area contributed by atoms with Gasteiger partial charge in [-0.05, 0) is 20.0 Å². The van der Waals surface area contributed by atoms with Crippen LogP contribution in [0.25, 0.3) is 0 Å². The van der Waals surface area contributed by atoms with Crippen LogP contribution < -0.4 is 0 Å². The Morgan fingerprint density at radius 3 is 2.27 bits per heavy atom. The van der Waals surface area contributed by atoms with Crippen molar-refractivity contribution < 1.29 is 5.11 Å². The third-order valence-electron chi connectivity index (χ3n) is 1.51. The fourth-order valence-electron chi connectivity index (χ4n) is 0.752. The molecule has 0 spiro atoms. The summed E-state index contributed by atoms with van der Waals surface area (Å²) in [6.45, 7) is 8.68. The number of aliphatic hydroxyl groups excluding tert-OH is 1. The summed E-state index contributed by atoms with van der Waals surface area (Å²) >= 11 is 0. The Labute approximate surface area is 69.2 Å². The molecule has 0 heterocycles. The third-order valence-corrected chi connectivity index (χ3v) is 1.51. The minimum Gasteiger partial charge on any atom is -0.381 e. The molecule has 11 heavy (non-hydrogen) atoms. The molecule has 1 atom stereocenters. The molecule has 0 aliphatic rings. The van der Waals surface area contributed by atoms with Crippen LogP contribution in [0, 0.1) is 11.8 Å². The lowest BCUT2D eigenvalue weighted by Gasteiger charge is -2.13. The van der Waals surface area contributed by atoms with Crippen molar-refractivity contribution in [3.8, 4) is 11.8 Å². The van der Waals surface area contributed by atoms with E-state index < -0.39 is 6.10 Å². The summed E-state index contributed by atoms with van der Waals surface area (Å²) in [5, 5.41) is 8.82. The smallest absolute Gasteiger partial charge is 0.112 e. The molecule has 0 amide bonds. The highest BCUT2D eigenvalue weighted by molar-refractivity contribution is 5.04. The van der Waals surface area contributed by atoms with Crippen LogP contribution in [-0.4, -0.2) is 35.7 Å². The summed E-state index contributed by atoms with van der Waals surface area (Å²) in [5.41, 5.74) is 0. The molecule has 1 unspecified atom stereocenters. The van der Waals surface area contributed by atoms with Crippen LogP contribution in [0.5, 0.6) is 0 Å². The first-order valence-electron chi connectivity index (χ1n) is 4.09. The summed E-state index contributed by atoms with van der Waals surface area (Å²) in [7, 11) is 0. The molecule has 0 aromatic heterocycles. The highest BCUT2D eigenvalue weighted by Gasteiger charge is 1.93. The first kappa shape index (κ1) is 10.5. The van der Waals surface area contributed by atoms with E-state index in [1.807, 2.05) is 0 Å². The van der Waals surface area contributed by atoms with Crippen LogP contribution >= 0.6 is 0 Å². The van der Waals surface area contributed by atoms with Gasteiger partial charge in [0.05, 0.1) is 6.54 Å². The van der Waals surface area contributed by atoms with Crippen molar-refractivity contribution >= 4 is 0 Å². The summed E-state index contributed by atoms with van der Waals surface area (Å²) in [6.07, 6.45) is -0.495. The van der Waals surface area contributed by atoms with Crippen molar-refractivity contribution in [3.05, 3.63) is 0 Å². The van der Waals surface area contributed by atoms with E-state index in [2.05, 4.69) is 30.6 Å². The lowest BCUT2D eigenvalue weighted by atomic mass is 10.4. The zero-order chi connectivity index (χ0) is 8.69. The summed E-state index contributed by atoms with van der Waals surface area (Å²) in [5.74, 6) is 5.62. The monoisotopic (exact) mass is 155 g/mol. The van der Waals surface area contributed by atoms with Crippen molar-refractivity contribution in [2.24, 2.45) is 0 Å². The summed E-state index contributed by atoms with van der Waals surface area (Å²) in [6, 6.07) is 0. The number of hydrogen-bond acceptors (Lipinski definition) is 2. The predicted octanol–water partition coefficient (Wildman–Crippen LogP) is 0.712. The molecule has 0 saturated heterocycles. The van der Waals surface area contributed by atoms with Gasteiger partial charge in [0.15, 0.2) is 0 Å². The Hall–Kier alpha value is -0.520. The molecule has 0 aliphatic heterocycles. The second-order valence-corrected chi connectivity index (χ2v) is 2.46.